The average molecular weight is 641 g/mol. The number of anilines is 1. The molecule has 1 aliphatic heterocycles. The molecule has 0 aliphatic carbocycles. The van der Waals surface area contributed by atoms with Crippen LogP contribution in [-0.2, 0) is 25.8 Å². The summed E-state index contributed by atoms with van der Waals surface area (Å²) in [6, 6.07) is 22.7. The van der Waals surface area contributed by atoms with Crippen molar-refractivity contribution in [3.63, 3.8) is 0 Å². The van der Waals surface area contributed by atoms with Crippen LogP contribution in [0.4, 0.5) is 18.9 Å². The van der Waals surface area contributed by atoms with Gasteiger partial charge in [-0.15, -0.1) is 0 Å². The number of pyridine rings is 1. The molecule has 3 aromatic carbocycles. The van der Waals surface area contributed by atoms with Gasteiger partial charge in [0.05, 0.1) is 38.4 Å². The van der Waals surface area contributed by atoms with Crippen LogP contribution in [0.1, 0.15) is 43.2 Å². The minimum absolute atomic E-state index is 0.0851. The largest absolute Gasteiger partial charge is 0.496 e. The number of carbonyl (C=O) groups is 2. The van der Waals surface area contributed by atoms with Crippen LogP contribution in [0.25, 0.3) is 11.1 Å². The first-order valence-electron chi connectivity index (χ1n) is 14.8. The van der Waals surface area contributed by atoms with Crippen LogP contribution in [0.15, 0.2) is 97.3 Å². The molecule has 2 amide bonds. The smallest absolute Gasteiger partial charge is 0.417 e. The lowest BCUT2D eigenvalue weighted by Gasteiger charge is -2.25. The molecule has 3 heterocycles. The predicted octanol–water partition coefficient (Wildman–Crippen LogP) is 7.07. The zero-order valence-corrected chi connectivity index (χ0v) is 25.9. The highest BCUT2D eigenvalue weighted by Crippen LogP contribution is 2.43. The third-order valence-corrected chi connectivity index (χ3v) is 8.23. The van der Waals surface area contributed by atoms with Crippen molar-refractivity contribution >= 4 is 17.5 Å². The SMILES string of the molecule is COc1cc(-c2ccccc2C(F)(F)F)c(OC)cc1C(=O)N1Cc2ccc(C(=O)N(C)Cc3cccnc3)n2Cc2ccccc21. The van der Waals surface area contributed by atoms with Gasteiger partial charge in [0.2, 0.25) is 0 Å². The molecule has 0 atom stereocenters. The van der Waals surface area contributed by atoms with E-state index in [9.17, 15) is 22.8 Å². The van der Waals surface area contributed by atoms with Gasteiger partial charge in [0.25, 0.3) is 11.8 Å². The molecule has 1 aliphatic rings. The fraction of sp³-hybridized carbons (Fsp3) is 0.194. The highest BCUT2D eigenvalue weighted by molar-refractivity contribution is 6.09. The number of methoxy groups -OCH3 is 2. The highest BCUT2D eigenvalue weighted by Gasteiger charge is 2.35. The van der Waals surface area contributed by atoms with Gasteiger partial charge in [0, 0.05) is 42.9 Å². The van der Waals surface area contributed by atoms with Gasteiger partial charge in [0.15, 0.2) is 0 Å². The Morgan fingerprint density at radius 3 is 2.34 bits per heavy atom. The Balaban J connectivity index is 1.39. The molecular weight excluding hydrogens is 609 g/mol. The highest BCUT2D eigenvalue weighted by atomic mass is 19.4. The molecule has 0 saturated heterocycles. The van der Waals surface area contributed by atoms with Crippen molar-refractivity contribution in [3.8, 4) is 22.6 Å². The standard InChI is InChI=1S/C36H31F3N4O4/c1-41(20-23-9-8-16-40-19-23)35(45)31-15-14-25-22-43(30-13-7-4-10-24(30)21-42(25)31)34(44)28-18-32(46-2)27(17-33(28)47-3)26-11-5-6-12-29(26)36(37,38)39/h4-19H,20-22H2,1-3H3. The van der Waals surface area contributed by atoms with E-state index < -0.39 is 17.6 Å². The Morgan fingerprint density at radius 2 is 1.62 bits per heavy atom. The minimum atomic E-state index is -4.61. The van der Waals surface area contributed by atoms with Crippen LogP contribution in [0.3, 0.4) is 0 Å². The van der Waals surface area contributed by atoms with Crippen molar-refractivity contribution < 1.29 is 32.2 Å². The van der Waals surface area contributed by atoms with Gasteiger partial charge in [-0.2, -0.15) is 13.2 Å². The number of amides is 2. The number of aromatic nitrogens is 2. The summed E-state index contributed by atoms with van der Waals surface area (Å²) in [4.78, 5) is 35.4. The third kappa shape index (κ3) is 6.04. The Hall–Kier alpha value is -5.58. The lowest BCUT2D eigenvalue weighted by Crippen LogP contribution is -2.31. The number of hydrogen-bond donors (Lipinski definition) is 0. The van der Waals surface area contributed by atoms with Crippen LogP contribution in [0, 0.1) is 0 Å². The molecule has 240 valence electrons. The van der Waals surface area contributed by atoms with Crippen LogP contribution in [0.5, 0.6) is 11.5 Å². The second-order valence-corrected chi connectivity index (χ2v) is 11.1. The third-order valence-electron chi connectivity index (χ3n) is 8.23. The molecule has 2 aromatic heterocycles. The molecule has 0 radical (unpaired) electrons. The summed E-state index contributed by atoms with van der Waals surface area (Å²) in [5, 5.41) is 0. The van der Waals surface area contributed by atoms with Crippen molar-refractivity contribution in [2.75, 3.05) is 26.2 Å². The van der Waals surface area contributed by atoms with Crippen LogP contribution in [-0.4, -0.2) is 47.5 Å². The number of nitrogens with zero attached hydrogens (tertiary/aromatic N) is 4. The number of ether oxygens (including phenoxy) is 2. The van der Waals surface area contributed by atoms with E-state index in [2.05, 4.69) is 4.98 Å². The van der Waals surface area contributed by atoms with E-state index in [0.717, 1.165) is 22.9 Å². The molecule has 6 rings (SSSR count). The lowest BCUT2D eigenvalue weighted by atomic mass is 9.96. The van der Waals surface area contributed by atoms with E-state index in [1.165, 1.54) is 44.6 Å². The molecule has 0 N–H and O–H groups in total. The first-order chi connectivity index (χ1) is 22.6. The summed E-state index contributed by atoms with van der Waals surface area (Å²) < 4.78 is 54.9. The second kappa shape index (κ2) is 12.7. The Bertz CT molecular complexity index is 1960. The Kier molecular flexibility index (Phi) is 8.46. The maximum Gasteiger partial charge on any atom is 0.417 e. The molecule has 8 nitrogen and oxygen atoms in total. The van der Waals surface area contributed by atoms with E-state index in [1.807, 2.05) is 47.0 Å². The fourth-order valence-electron chi connectivity index (χ4n) is 5.95. The van der Waals surface area contributed by atoms with Crippen LogP contribution in [0.2, 0.25) is 0 Å². The van der Waals surface area contributed by atoms with Crippen molar-refractivity contribution in [2.24, 2.45) is 0 Å². The van der Waals surface area contributed by atoms with E-state index >= 15 is 0 Å². The van der Waals surface area contributed by atoms with Gasteiger partial charge in [-0.05, 0) is 59.2 Å². The number of benzene rings is 3. The summed E-state index contributed by atoms with van der Waals surface area (Å²) in [6.07, 6.45) is -1.22. The number of para-hydroxylation sites is 1. The van der Waals surface area contributed by atoms with Gasteiger partial charge in [0.1, 0.15) is 17.2 Å². The van der Waals surface area contributed by atoms with E-state index in [0.29, 0.717) is 24.5 Å². The zero-order chi connectivity index (χ0) is 33.3. The fourth-order valence-corrected chi connectivity index (χ4v) is 5.95. The quantitative estimate of drug-likeness (QED) is 0.190. The number of halogens is 3. The zero-order valence-electron chi connectivity index (χ0n) is 25.9. The molecule has 11 heteroatoms. The number of carbonyl (C=O) groups excluding carboxylic acids is 2. The maximum atomic E-state index is 14.4. The summed E-state index contributed by atoms with van der Waals surface area (Å²) in [5.74, 6) is -0.451. The molecule has 5 aromatic rings. The van der Waals surface area contributed by atoms with E-state index in [1.54, 1.807) is 35.3 Å². The molecule has 0 saturated carbocycles. The molecule has 0 unspecified atom stereocenters. The monoisotopic (exact) mass is 640 g/mol. The van der Waals surface area contributed by atoms with Gasteiger partial charge in [-0.25, -0.2) is 0 Å². The maximum absolute atomic E-state index is 14.4. The molecule has 0 fully saturated rings. The van der Waals surface area contributed by atoms with Gasteiger partial charge < -0.3 is 23.8 Å². The first-order valence-corrected chi connectivity index (χ1v) is 14.8. The summed E-state index contributed by atoms with van der Waals surface area (Å²) in [6.45, 7) is 0.844. The Morgan fingerprint density at radius 1 is 0.872 bits per heavy atom. The van der Waals surface area contributed by atoms with Gasteiger partial charge in [-0.3, -0.25) is 14.6 Å². The number of hydrogen-bond acceptors (Lipinski definition) is 5. The number of rotatable bonds is 7. The van der Waals surface area contributed by atoms with Gasteiger partial charge >= 0.3 is 6.18 Å². The molecule has 47 heavy (non-hydrogen) atoms. The number of alkyl halides is 3. The predicted molar refractivity (Wildman–Crippen MR) is 171 cm³/mol. The van der Waals surface area contributed by atoms with E-state index in [4.69, 9.17) is 9.47 Å². The van der Waals surface area contributed by atoms with Crippen molar-refractivity contribution in [3.05, 3.63) is 131 Å². The Labute approximate surface area is 269 Å². The minimum Gasteiger partial charge on any atom is -0.496 e. The second-order valence-electron chi connectivity index (χ2n) is 11.1. The molecule has 0 spiro atoms. The van der Waals surface area contributed by atoms with Gasteiger partial charge in [-0.1, -0.05) is 42.5 Å². The first kappa shape index (κ1) is 31.4. The average Bonchev–Trinajstić information content (AvgIpc) is 3.39. The normalized spacial score (nSPS) is 12.5. The summed E-state index contributed by atoms with van der Waals surface area (Å²) in [5.41, 5.74) is 2.85. The van der Waals surface area contributed by atoms with Crippen molar-refractivity contribution in [1.82, 2.24) is 14.5 Å². The van der Waals surface area contributed by atoms with Crippen LogP contribution < -0.4 is 14.4 Å². The summed E-state index contributed by atoms with van der Waals surface area (Å²) >= 11 is 0. The topological polar surface area (TPSA) is 76.9 Å². The number of fused-ring (bicyclic) bond motifs is 2. The molecular formula is C36H31F3N4O4. The summed E-state index contributed by atoms with van der Waals surface area (Å²) in [7, 11) is 4.43. The van der Waals surface area contributed by atoms with E-state index in [-0.39, 0.29) is 40.6 Å². The molecule has 0 bridgehead atoms. The lowest BCUT2D eigenvalue weighted by molar-refractivity contribution is -0.137. The van der Waals surface area contributed by atoms with Crippen molar-refractivity contribution in [2.45, 2.75) is 25.8 Å². The van der Waals surface area contributed by atoms with Crippen molar-refractivity contribution in [1.29, 1.82) is 0 Å². The van der Waals surface area contributed by atoms with Crippen LogP contribution >= 0.6 is 0 Å².